The minimum Gasteiger partial charge on any atom is -0.133 e. The van der Waals surface area contributed by atoms with Crippen molar-refractivity contribution >= 4 is 18.5 Å². The summed E-state index contributed by atoms with van der Waals surface area (Å²) in [6.07, 6.45) is 2.04. The quantitative estimate of drug-likeness (QED) is 0.715. The Balaban J connectivity index is 2.28. The van der Waals surface area contributed by atoms with Crippen LogP contribution in [0.1, 0.15) is 11.1 Å². The van der Waals surface area contributed by atoms with Crippen LogP contribution in [0.15, 0.2) is 48.5 Å². The van der Waals surface area contributed by atoms with Gasteiger partial charge in [-0.2, -0.15) is 0 Å². The number of hydrogen-bond acceptors (Lipinski definition) is 0. The second-order valence-electron chi connectivity index (χ2n) is 3.80. The lowest BCUT2D eigenvalue weighted by Gasteiger charge is -2.04. The van der Waals surface area contributed by atoms with E-state index in [2.05, 4.69) is 67.0 Å². The normalized spacial score (nSPS) is 10.4. The van der Waals surface area contributed by atoms with Crippen molar-refractivity contribution in [3.05, 3.63) is 59.7 Å². The third kappa shape index (κ3) is 2.70. The maximum atomic E-state index is 2.75. The lowest BCUT2D eigenvalue weighted by Crippen LogP contribution is -1.81. The number of rotatable bonds is 3. The Morgan fingerprint density at radius 1 is 0.562 bits per heavy atom. The highest BCUT2D eigenvalue weighted by Gasteiger charge is 1.97. The van der Waals surface area contributed by atoms with E-state index in [-0.39, 0.29) is 0 Å². The predicted octanol–water partition coefficient (Wildman–Crippen LogP) is 4.10. The fraction of sp³-hybridized carbons (Fsp3) is 0.143. The first-order valence-corrected chi connectivity index (χ1v) is 7.05. The molecule has 0 saturated heterocycles. The summed E-state index contributed by atoms with van der Waals surface area (Å²) in [5.41, 5.74) is 5.29. The third-order valence-electron chi connectivity index (χ3n) is 2.71. The highest BCUT2D eigenvalue weighted by Crippen LogP contribution is 2.21. The highest BCUT2D eigenvalue weighted by atomic mass is 31.0. The molecule has 2 heteroatoms. The molecule has 0 spiro atoms. The van der Waals surface area contributed by atoms with Gasteiger partial charge < -0.3 is 0 Å². The molecule has 0 bridgehead atoms. The molecular weight excluding hydrogens is 230 g/mol. The van der Waals surface area contributed by atoms with Crippen molar-refractivity contribution in [2.45, 2.75) is 12.3 Å². The molecule has 0 aliphatic carbocycles. The first-order chi connectivity index (χ1) is 7.83. The first-order valence-electron chi connectivity index (χ1n) is 5.42. The van der Waals surface area contributed by atoms with Gasteiger partial charge >= 0.3 is 0 Å². The molecule has 0 amide bonds. The Morgan fingerprint density at radius 3 is 1.12 bits per heavy atom. The Bertz CT molecular complexity index is 398. The van der Waals surface area contributed by atoms with Crippen molar-refractivity contribution < 1.29 is 0 Å². The minimum absolute atomic E-state index is 1.02. The molecule has 2 rings (SSSR count). The van der Waals surface area contributed by atoms with Crippen LogP contribution in [0.2, 0.25) is 0 Å². The van der Waals surface area contributed by atoms with Crippen LogP contribution >= 0.6 is 18.5 Å². The molecule has 0 aliphatic heterocycles. The van der Waals surface area contributed by atoms with Gasteiger partial charge in [-0.15, -0.1) is 18.5 Å². The molecule has 0 heterocycles. The van der Waals surface area contributed by atoms with E-state index in [1.807, 2.05) is 0 Å². The van der Waals surface area contributed by atoms with Gasteiger partial charge in [0.25, 0.3) is 0 Å². The van der Waals surface area contributed by atoms with Crippen molar-refractivity contribution in [1.29, 1.82) is 0 Å². The van der Waals surface area contributed by atoms with Gasteiger partial charge in [-0.1, -0.05) is 48.5 Å². The van der Waals surface area contributed by atoms with Crippen LogP contribution in [0, 0.1) is 0 Å². The van der Waals surface area contributed by atoms with Gasteiger partial charge in [-0.3, -0.25) is 0 Å². The Hall–Kier alpha value is -0.700. The molecule has 0 aromatic heterocycles. The van der Waals surface area contributed by atoms with Crippen LogP contribution in [0.4, 0.5) is 0 Å². The average Bonchev–Trinajstić information content (AvgIpc) is 2.39. The van der Waals surface area contributed by atoms with Gasteiger partial charge in [0.1, 0.15) is 0 Å². The van der Waals surface area contributed by atoms with E-state index >= 15 is 0 Å². The summed E-state index contributed by atoms with van der Waals surface area (Å²) in [6.45, 7) is 0. The van der Waals surface area contributed by atoms with Crippen molar-refractivity contribution in [1.82, 2.24) is 0 Å². The highest BCUT2D eigenvalue weighted by molar-refractivity contribution is 7.15. The van der Waals surface area contributed by atoms with E-state index in [4.69, 9.17) is 0 Å². The van der Waals surface area contributed by atoms with Crippen molar-refractivity contribution in [2.24, 2.45) is 0 Å². The fourth-order valence-corrected chi connectivity index (χ4v) is 2.21. The smallest absolute Gasteiger partial charge is 0.0128 e. The summed E-state index contributed by atoms with van der Waals surface area (Å²) in [4.78, 5) is 0. The van der Waals surface area contributed by atoms with E-state index in [1.54, 1.807) is 0 Å². The molecule has 2 aromatic carbocycles. The van der Waals surface area contributed by atoms with Crippen LogP contribution in [-0.2, 0) is 12.3 Å². The van der Waals surface area contributed by atoms with E-state index in [0.29, 0.717) is 0 Å². The second-order valence-corrected chi connectivity index (χ2v) is 4.62. The molecule has 0 saturated carbocycles. The van der Waals surface area contributed by atoms with Crippen LogP contribution in [0.5, 0.6) is 0 Å². The maximum Gasteiger partial charge on any atom is -0.0128 e. The second kappa shape index (κ2) is 5.58. The SMILES string of the molecule is PCc1ccc(-c2ccc(CP)cc2)cc1. The average molecular weight is 246 g/mol. The first kappa shape index (κ1) is 11.8. The van der Waals surface area contributed by atoms with Crippen LogP contribution < -0.4 is 0 Å². The topological polar surface area (TPSA) is 0 Å². The zero-order chi connectivity index (χ0) is 11.4. The summed E-state index contributed by atoms with van der Waals surface area (Å²) in [5.74, 6) is 0. The fourth-order valence-electron chi connectivity index (χ4n) is 1.67. The molecule has 82 valence electrons. The standard InChI is InChI=1S/C14H16P2/c15-9-11-1-5-13(6-2-11)14-7-3-12(10-16)4-8-14/h1-8H,9-10,15-16H2. The van der Waals surface area contributed by atoms with E-state index < -0.39 is 0 Å². The maximum absolute atomic E-state index is 2.75. The van der Waals surface area contributed by atoms with E-state index in [9.17, 15) is 0 Å². The summed E-state index contributed by atoms with van der Waals surface area (Å²) in [5, 5.41) is 0. The van der Waals surface area contributed by atoms with Gasteiger partial charge in [0.2, 0.25) is 0 Å². The van der Waals surface area contributed by atoms with Crippen LogP contribution in [0.3, 0.4) is 0 Å². The summed E-state index contributed by atoms with van der Waals surface area (Å²) < 4.78 is 0. The van der Waals surface area contributed by atoms with Crippen molar-refractivity contribution in [3.8, 4) is 11.1 Å². The van der Waals surface area contributed by atoms with Gasteiger partial charge in [0.05, 0.1) is 0 Å². The molecule has 0 fully saturated rings. The summed E-state index contributed by atoms with van der Waals surface area (Å²) in [6, 6.07) is 17.5. The van der Waals surface area contributed by atoms with Gasteiger partial charge in [-0.25, -0.2) is 0 Å². The molecule has 0 N–H and O–H groups in total. The Morgan fingerprint density at radius 2 is 0.875 bits per heavy atom. The zero-order valence-corrected chi connectivity index (χ0v) is 11.5. The predicted molar refractivity (Wildman–Crippen MR) is 78.7 cm³/mol. The monoisotopic (exact) mass is 246 g/mol. The molecule has 2 atom stereocenters. The summed E-state index contributed by atoms with van der Waals surface area (Å²) >= 11 is 0. The number of hydrogen-bond donors (Lipinski definition) is 0. The zero-order valence-electron chi connectivity index (χ0n) is 9.19. The molecule has 0 aliphatic rings. The molecule has 16 heavy (non-hydrogen) atoms. The van der Waals surface area contributed by atoms with Crippen LogP contribution in [-0.4, -0.2) is 0 Å². The van der Waals surface area contributed by atoms with Crippen molar-refractivity contribution in [3.63, 3.8) is 0 Å². The lowest BCUT2D eigenvalue weighted by atomic mass is 10.0. The third-order valence-corrected chi connectivity index (χ3v) is 3.66. The molecule has 0 nitrogen and oxygen atoms in total. The minimum atomic E-state index is 1.02. The van der Waals surface area contributed by atoms with E-state index in [1.165, 1.54) is 22.3 Å². The van der Waals surface area contributed by atoms with Gasteiger partial charge in [-0.05, 0) is 34.6 Å². The van der Waals surface area contributed by atoms with Crippen molar-refractivity contribution in [2.75, 3.05) is 0 Å². The molecule has 0 radical (unpaired) electrons. The Kier molecular flexibility index (Phi) is 4.10. The van der Waals surface area contributed by atoms with E-state index in [0.717, 1.165) is 12.3 Å². The summed E-state index contributed by atoms with van der Waals surface area (Å²) in [7, 11) is 5.50. The molecule has 2 aromatic rings. The van der Waals surface area contributed by atoms with Gasteiger partial charge in [0, 0.05) is 0 Å². The molecular formula is C14H16P2. The largest absolute Gasteiger partial charge is 0.133 e. The lowest BCUT2D eigenvalue weighted by molar-refractivity contribution is 1.40. The molecule has 2 unspecified atom stereocenters. The Labute approximate surface area is 102 Å². The van der Waals surface area contributed by atoms with Crippen LogP contribution in [0.25, 0.3) is 11.1 Å². The number of benzene rings is 2. The van der Waals surface area contributed by atoms with Gasteiger partial charge in [0.15, 0.2) is 0 Å².